The van der Waals surface area contributed by atoms with Crippen molar-refractivity contribution in [1.29, 1.82) is 0 Å². The average molecular weight is 323 g/mol. The highest BCUT2D eigenvalue weighted by Gasteiger charge is 2.21. The number of hydrogen-bond acceptors (Lipinski definition) is 1. The molecule has 1 aromatic carbocycles. The Kier molecular flexibility index (Phi) is 5.62. The minimum atomic E-state index is 0.165. The Morgan fingerprint density at radius 1 is 1.16 bits per heavy atom. The third-order valence-corrected chi connectivity index (χ3v) is 4.88. The number of halogens is 1. The zero-order valence-electron chi connectivity index (χ0n) is 11.7. The molecule has 104 valence electrons. The van der Waals surface area contributed by atoms with Gasteiger partial charge in [-0.15, -0.1) is 0 Å². The molecule has 1 nitrogen and oxygen atoms in total. The second-order valence-corrected chi connectivity index (χ2v) is 6.25. The van der Waals surface area contributed by atoms with Gasteiger partial charge in [0, 0.05) is 5.56 Å². The highest BCUT2D eigenvalue weighted by atomic mass is 79.9. The molecule has 0 bridgehead atoms. The van der Waals surface area contributed by atoms with Gasteiger partial charge >= 0.3 is 0 Å². The molecule has 1 fully saturated rings. The van der Waals surface area contributed by atoms with Gasteiger partial charge < -0.3 is 0 Å². The number of benzene rings is 1. The number of ketones is 1. The van der Waals surface area contributed by atoms with Crippen molar-refractivity contribution >= 4 is 21.7 Å². The number of Topliss-reactive ketones (excluding diaryl/α,β-unsaturated/α-hetero) is 1. The van der Waals surface area contributed by atoms with Gasteiger partial charge in [-0.25, -0.2) is 0 Å². The van der Waals surface area contributed by atoms with Crippen molar-refractivity contribution < 1.29 is 4.79 Å². The lowest BCUT2D eigenvalue weighted by atomic mass is 9.77. The van der Waals surface area contributed by atoms with Crippen LogP contribution in [0.3, 0.4) is 0 Å². The minimum Gasteiger partial charge on any atom is -0.293 e. The van der Waals surface area contributed by atoms with Crippen molar-refractivity contribution in [2.45, 2.75) is 51.4 Å². The molecule has 0 saturated heterocycles. The Morgan fingerprint density at radius 2 is 1.79 bits per heavy atom. The van der Waals surface area contributed by atoms with Crippen molar-refractivity contribution in [1.82, 2.24) is 0 Å². The van der Waals surface area contributed by atoms with Crippen LogP contribution in [0.25, 0.3) is 0 Å². The summed E-state index contributed by atoms with van der Waals surface area (Å²) in [6.45, 7) is 2.28. The molecule has 0 aromatic heterocycles. The van der Waals surface area contributed by atoms with E-state index >= 15 is 0 Å². The lowest BCUT2D eigenvalue weighted by molar-refractivity contribution is 0.102. The second kappa shape index (κ2) is 7.23. The SMILES string of the molecule is CCCC1CCC(c2ccc(C(=O)CBr)cc2)CC1. The summed E-state index contributed by atoms with van der Waals surface area (Å²) in [6, 6.07) is 8.27. The summed E-state index contributed by atoms with van der Waals surface area (Å²) in [7, 11) is 0. The van der Waals surface area contributed by atoms with Gasteiger partial charge in [0.2, 0.25) is 0 Å². The topological polar surface area (TPSA) is 17.1 Å². The Morgan fingerprint density at radius 3 is 2.32 bits per heavy atom. The quantitative estimate of drug-likeness (QED) is 0.528. The van der Waals surface area contributed by atoms with E-state index in [-0.39, 0.29) is 5.78 Å². The minimum absolute atomic E-state index is 0.165. The van der Waals surface area contributed by atoms with E-state index < -0.39 is 0 Å². The first-order valence-corrected chi connectivity index (χ1v) is 8.55. The van der Waals surface area contributed by atoms with Gasteiger partial charge in [0.25, 0.3) is 0 Å². The standard InChI is InChI=1S/C17H23BrO/c1-2-3-13-4-6-14(7-5-13)15-8-10-16(11-9-15)17(19)12-18/h8-11,13-14H,2-7,12H2,1H3. The highest BCUT2D eigenvalue weighted by molar-refractivity contribution is 9.09. The van der Waals surface area contributed by atoms with Crippen LogP contribution >= 0.6 is 15.9 Å². The molecule has 0 atom stereocenters. The largest absolute Gasteiger partial charge is 0.293 e. The van der Waals surface area contributed by atoms with Gasteiger partial charge in [0.05, 0.1) is 5.33 Å². The number of alkyl halides is 1. The van der Waals surface area contributed by atoms with Crippen LogP contribution in [-0.4, -0.2) is 11.1 Å². The Hall–Kier alpha value is -0.630. The first kappa shape index (κ1) is 14.8. The van der Waals surface area contributed by atoms with E-state index in [0.717, 1.165) is 11.5 Å². The molecule has 1 aliphatic carbocycles. The van der Waals surface area contributed by atoms with E-state index in [1.54, 1.807) is 0 Å². The van der Waals surface area contributed by atoms with Gasteiger partial charge in [-0.05, 0) is 43.1 Å². The highest BCUT2D eigenvalue weighted by Crippen LogP contribution is 2.37. The van der Waals surface area contributed by atoms with Crippen LogP contribution in [-0.2, 0) is 0 Å². The smallest absolute Gasteiger partial charge is 0.173 e. The summed E-state index contributed by atoms with van der Waals surface area (Å²) in [5.41, 5.74) is 2.24. The van der Waals surface area contributed by atoms with Crippen molar-refractivity contribution in [3.63, 3.8) is 0 Å². The lowest BCUT2D eigenvalue weighted by Gasteiger charge is -2.28. The summed E-state index contributed by atoms with van der Waals surface area (Å²) in [6.07, 6.45) is 8.10. The van der Waals surface area contributed by atoms with E-state index in [1.807, 2.05) is 12.1 Å². The molecule has 1 aromatic rings. The molecule has 0 N–H and O–H groups in total. The van der Waals surface area contributed by atoms with E-state index in [1.165, 1.54) is 44.1 Å². The molecule has 2 rings (SSSR count). The third-order valence-electron chi connectivity index (χ3n) is 4.37. The number of hydrogen-bond donors (Lipinski definition) is 0. The Balaban J connectivity index is 1.94. The molecule has 0 spiro atoms. The zero-order valence-corrected chi connectivity index (χ0v) is 13.3. The molecule has 1 saturated carbocycles. The molecular formula is C17H23BrO. The van der Waals surface area contributed by atoms with Crippen molar-refractivity contribution in [2.24, 2.45) is 5.92 Å². The van der Waals surface area contributed by atoms with Gasteiger partial charge in [-0.3, -0.25) is 4.79 Å². The van der Waals surface area contributed by atoms with E-state index in [4.69, 9.17) is 0 Å². The maximum atomic E-state index is 11.6. The van der Waals surface area contributed by atoms with Crippen LogP contribution in [0.2, 0.25) is 0 Å². The van der Waals surface area contributed by atoms with E-state index in [0.29, 0.717) is 11.2 Å². The van der Waals surface area contributed by atoms with Crippen molar-refractivity contribution in [3.8, 4) is 0 Å². The van der Waals surface area contributed by atoms with Gasteiger partial charge in [-0.1, -0.05) is 60.0 Å². The molecule has 19 heavy (non-hydrogen) atoms. The van der Waals surface area contributed by atoms with E-state index in [9.17, 15) is 4.79 Å². The predicted octanol–water partition coefficient (Wildman–Crippen LogP) is 5.34. The molecule has 0 aliphatic heterocycles. The normalized spacial score (nSPS) is 23.3. The monoisotopic (exact) mass is 322 g/mol. The van der Waals surface area contributed by atoms with Gasteiger partial charge in [0.15, 0.2) is 5.78 Å². The predicted molar refractivity (Wildman–Crippen MR) is 84.2 cm³/mol. The molecule has 2 heteroatoms. The number of carbonyl (C=O) groups is 1. The first-order chi connectivity index (χ1) is 9.24. The zero-order chi connectivity index (χ0) is 13.7. The average Bonchev–Trinajstić information content (AvgIpc) is 2.48. The summed E-state index contributed by atoms with van der Waals surface area (Å²) >= 11 is 3.22. The fourth-order valence-corrected chi connectivity index (χ4v) is 3.53. The first-order valence-electron chi connectivity index (χ1n) is 7.43. The van der Waals surface area contributed by atoms with Crippen molar-refractivity contribution in [3.05, 3.63) is 35.4 Å². The summed E-state index contributed by atoms with van der Waals surface area (Å²) in [4.78, 5) is 11.6. The molecule has 0 unspecified atom stereocenters. The van der Waals surface area contributed by atoms with Crippen LogP contribution < -0.4 is 0 Å². The van der Waals surface area contributed by atoms with Crippen LogP contribution in [0.15, 0.2) is 24.3 Å². The lowest BCUT2D eigenvalue weighted by Crippen LogP contribution is -2.13. The van der Waals surface area contributed by atoms with Crippen molar-refractivity contribution in [2.75, 3.05) is 5.33 Å². The molecule has 0 amide bonds. The van der Waals surface area contributed by atoms with Crippen LogP contribution in [0, 0.1) is 5.92 Å². The maximum absolute atomic E-state index is 11.6. The fraction of sp³-hybridized carbons (Fsp3) is 0.588. The summed E-state index contributed by atoms with van der Waals surface area (Å²) < 4.78 is 0. The molecule has 1 aliphatic rings. The maximum Gasteiger partial charge on any atom is 0.173 e. The van der Waals surface area contributed by atoms with Crippen LogP contribution in [0.1, 0.15) is 67.3 Å². The number of rotatable bonds is 5. The van der Waals surface area contributed by atoms with Crippen LogP contribution in [0.5, 0.6) is 0 Å². The molecular weight excluding hydrogens is 300 g/mol. The summed E-state index contributed by atoms with van der Waals surface area (Å²) in [5, 5.41) is 0.411. The Bertz CT molecular complexity index is 402. The molecule has 0 radical (unpaired) electrons. The van der Waals surface area contributed by atoms with Crippen LogP contribution in [0.4, 0.5) is 0 Å². The third kappa shape index (κ3) is 3.92. The Labute approximate surface area is 124 Å². The summed E-state index contributed by atoms with van der Waals surface area (Å²) in [5.74, 6) is 1.83. The number of carbonyl (C=O) groups excluding carboxylic acids is 1. The van der Waals surface area contributed by atoms with Gasteiger partial charge in [0.1, 0.15) is 0 Å². The van der Waals surface area contributed by atoms with Gasteiger partial charge in [-0.2, -0.15) is 0 Å². The second-order valence-electron chi connectivity index (χ2n) is 5.69. The van der Waals surface area contributed by atoms with E-state index in [2.05, 4.69) is 35.0 Å². The molecule has 0 heterocycles. The fourth-order valence-electron chi connectivity index (χ4n) is 3.21.